The van der Waals surface area contributed by atoms with E-state index in [0.717, 1.165) is 42.4 Å². The van der Waals surface area contributed by atoms with Crippen molar-refractivity contribution in [3.63, 3.8) is 0 Å². The maximum atomic E-state index is 14.6. The second kappa shape index (κ2) is 9.98. The molecule has 0 radical (unpaired) electrons. The van der Waals surface area contributed by atoms with E-state index in [0.29, 0.717) is 36.9 Å². The van der Waals surface area contributed by atoms with Crippen LogP contribution in [-0.4, -0.2) is 38.5 Å². The molecule has 5 rings (SSSR count). The van der Waals surface area contributed by atoms with Gasteiger partial charge in [0, 0.05) is 29.6 Å². The van der Waals surface area contributed by atoms with Crippen LogP contribution in [0, 0.1) is 45.3 Å². The number of ketones is 2. The molecule has 2 N–H and O–H groups in total. The fourth-order valence-corrected chi connectivity index (χ4v) is 9.95. The molecular weight excluding hydrogens is 510 g/mol. The van der Waals surface area contributed by atoms with Gasteiger partial charge >= 0.3 is 0 Å². The predicted octanol–water partition coefficient (Wildman–Crippen LogP) is 6.98. The van der Waals surface area contributed by atoms with E-state index in [2.05, 4.69) is 38.8 Å². The molecule has 0 unspecified atom stereocenters. The maximum absolute atomic E-state index is 14.6. The van der Waals surface area contributed by atoms with Crippen molar-refractivity contribution in [3.8, 4) is 0 Å². The van der Waals surface area contributed by atoms with E-state index in [1.807, 2.05) is 32.1 Å². The summed E-state index contributed by atoms with van der Waals surface area (Å²) in [5.41, 5.74) is 0.593. The SMILES string of the molecule is C[C@H](CC[C@@H](O)C(C)(C)O)[C@H]1CC[C@@]2(C)[C@@H]3CC=C4[C@@H](C/C(=C\c5ccncc5)C(=O)C4(C)C)[C@]3(C)C(=O)C[C@]12C. The normalized spacial score (nSPS) is 39.0. The number of fused-ring (bicyclic) bond motifs is 5. The number of hydrogen-bond donors (Lipinski definition) is 2. The number of aliphatic hydroxyl groups excluding tert-OH is 1. The first-order valence-electron chi connectivity index (χ1n) is 15.8. The standard InChI is InChI=1S/C36H51NO4/c1-22(9-12-29(38)33(4,5)41)25-13-16-34(6)28-11-10-26-27(36(28,8)30(39)21-35(25,34)7)20-24(31(40)32(26,2)3)19-23-14-17-37-18-15-23/h10,14-15,17-19,22,25,27-29,38,41H,9,11-13,16,20-21H2,1-8H3/b24-19+/t22-,25-,27-,28+,29-,34+,35-,36+/m1/s1. The minimum Gasteiger partial charge on any atom is -0.390 e. The second-order valence-corrected chi connectivity index (χ2v) is 15.7. The number of allylic oxidation sites excluding steroid dienone is 3. The lowest BCUT2D eigenvalue weighted by Crippen LogP contribution is -2.63. The van der Waals surface area contributed by atoms with Crippen molar-refractivity contribution >= 4 is 17.6 Å². The molecule has 8 atom stereocenters. The van der Waals surface area contributed by atoms with Crippen molar-refractivity contribution in [2.75, 3.05) is 0 Å². The molecule has 3 saturated carbocycles. The van der Waals surface area contributed by atoms with Crippen LogP contribution >= 0.6 is 0 Å². The number of nitrogens with zero attached hydrogens (tertiary/aromatic N) is 1. The molecule has 0 aromatic carbocycles. The lowest BCUT2D eigenvalue weighted by molar-refractivity contribution is -0.170. The van der Waals surface area contributed by atoms with Gasteiger partial charge in [-0.25, -0.2) is 0 Å². The number of Topliss-reactive ketones (excluding diaryl/α,β-unsaturated/α-hetero) is 2. The highest BCUT2D eigenvalue weighted by atomic mass is 16.3. The van der Waals surface area contributed by atoms with Crippen molar-refractivity contribution in [1.29, 1.82) is 0 Å². The fourth-order valence-electron chi connectivity index (χ4n) is 9.95. The lowest BCUT2D eigenvalue weighted by Gasteiger charge is -2.64. The Bertz CT molecular complexity index is 1270. The third-order valence-corrected chi connectivity index (χ3v) is 12.8. The van der Waals surface area contributed by atoms with Crippen molar-refractivity contribution in [2.24, 2.45) is 45.3 Å². The lowest BCUT2D eigenvalue weighted by atomic mass is 9.38. The van der Waals surface area contributed by atoms with Crippen molar-refractivity contribution in [1.82, 2.24) is 4.98 Å². The van der Waals surface area contributed by atoms with Gasteiger partial charge in [-0.2, -0.15) is 0 Å². The Labute approximate surface area is 246 Å². The number of carbonyl (C=O) groups excluding carboxylic acids is 2. The molecule has 1 heterocycles. The summed E-state index contributed by atoms with van der Waals surface area (Å²) in [5.74, 6) is 1.52. The first kappa shape index (κ1) is 30.4. The van der Waals surface area contributed by atoms with Gasteiger partial charge in [0.1, 0.15) is 5.78 Å². The van der Waals surface area contributed by atoms with Crippen LogP contribution in [0.15, 0.2) is 41.7 Å². The van der Waals surface area contributed by atoms with Gasteiger partial charge in [0.2, 0.25) is 0 Å². The topological polar surface area (TPSA) is 87.5 Å². The third kappa shape index (κ3) is 4.52. The Hall–Kier alpha value is -2.11. The van der Waals surface area contributed by atoms with Crippen LogP contribution < -0.4 is 0 Å². The van der Waals surface area contributed by atoms with E-state index in [1.54, 1.807) is 26.2 Å². The summed E-state index contributed by atoms with van der Waals surface area (Å²) in [5, 5.41) is 20.8. The number of hydrogen-bond acceptors (Lipinski definition) is 5. The zero-order chi connectivity index (χ0) is 30.2. The maximum Gasteiger partial charge on any atom is 0.168 e. The van der Waals surface area contributed by atoms with Crippen LogP contribution in [0.3, 0.4) is 0 Å². The van der Waals surface area contributed by atoms with Crippen molar-refractivity contribution in [2.45, 2.75) is 112 Å². The Kier molecular flexibility index (Phi) is 7.39. The Morgan fingerprint density at radius 3 is 2.37 bits per heavy atom. The highest BCUT2D eigenvalue weighted by molar-refractivity contribution is 6.06. The molecule has 5 heteroatoms. The molecule has 224 valence electrons. The molecule has 4 aliphatic carbocycles. The molecule has 5 nitrogen and oxygen atoms in total. The van der Waals surface area contributed by atoms with Crippen LogP contribution in [-0.2, 0) is 9.59 Å². The van der Waals surface area contributed by atoms with E-state index in [1.165, 1.54) is 0 Å². The molecular formula is C36H51NO4. The number of rotatable bonds is 6. The van der Waals surface area contributed by atoms with Crippen molar-refractivity contribution in [3.05, 3.63) is 47.3 Å². The largest absolute Gasteiger partial charge is 0.390 e. The molecule has 0 bridgehead atoms. The molecule has 3 fully saturated rings. The summed E-state index contributed by atoms with van der Waals surface area (Å²) in [6.45, 7) is 16.8. The van der Waals surface area contributed by atoms with Gasteiger partial charge in [-0.1, -0.05) is 39.3 Å². The average molecular weight is 562 g/mol. The minimum absolute atomic E-state index is 0.00601. The molecule has 41 heavy (non-hydrogen) atoms. The van der Waals surface area contributed by atoms with Crippen LogP contribution in [0.25, 0.3) is 6.08 Å². The van der Waals surface area contributed by atoms with E-state index >= 15 is 0 Å². The zero-order valence-electron chi connectivity index (χ0n) is 26.5. The quantitative estimate of drug-likeness (QED) is 0.289. The molecule has 1 aromatic heterocycles. The van der Waals surface area contributed by atoms with Crippen LogP contribution in [0.2, 0.25) is 0 Å². The number of aromatic nitrogens is 1. The van der Waals surface area contributed by atoms with E-state index in [9.17, 15) is 19.8 Å². The first-order valence-corrected chi connectivity index (χ1v) is 15.8. The van der Waals surface area contributed by atoms with Gasteiger partial charge < -0.3 is 10.2 Å². The van der Waals surface area contributed by atoms with Gasteiger partial charge in [0.05, 0.1) is 11.7 Å². The average Bonchev–Trinajstić information content (AvgIpc) is 3.16. The summed E-state index contributed by atoms with van der Waals surface area (Å²) in [4.78, 5) is 32.5. The smallest absolute Gasteiger partial charge is 0.168 e. The summed E-state index contributed by atoms with van der Waals surface area (Å²) >= 11 is 0. The summed E-state index contributed by atoms with van der Waals surface area (Å²) in [6, 6.07) is 3.87. The molecule has 0 amide bonds. The summed E-state index contributed by atoms with van der Waals surface area (Å²) in [6.07, 6.45) is 12.7. The fraction of sp³-hybridized carbons (Fsp3) is 0.694. The summed E-state index contributed by atoms with van der Waals surface area (Å²) < 4.78 is 0. The summed E-state index contributed by atoms with van der Waals surface area (Å²) in [7, 11) is 0. The Morgan fingerprint density at radius 2 is 1.73 bits per heavy atom. The molecule has 0 aliphatic heterocycles. The molecule has 0 saturated heterocycles. The van der Waals surface area contributed by atoms with E-state index in [-0.39, 0.29) is 28.4 Å². The Balaban J connectivity index is 1.49. The van der Waals surface area contributed by atoms with Crippen molar-refractivity contribution < 1.29 is 19.8 Å². The molecule has 1 aromatic rings. The van der Waals surface area contributed by atoms with Crippen LogP contribution in [0.1, 0.15) is 106 Å². The van der Waals surface area contributed by atoms with Gasteiger partial charge in [-0.05, 0) is 130 Å². The molecule has 0 spiro atoms. The van der Waals surface area contributed by atoms with Crippen LogP contribution in [0.5, 0.6) is 0 Å². The van der Waals surface area contributed by atoms with Gasteiger partial charge in [0.25, 0.3) is 0 Å². The highest BCUT2D eigenvalue weighted by Gasteiger charge is 2.70. The minimum atomic E-state index is -1.11. The second-order valence-electron chi connectivity index (χ2n) is 15.7. The highest BCUT2D eigenvalue weighted by Crippen LogP contribution is 2.74. The van der Waals surface area contributed by atoms with E-state index in [4.69, 9.17) is 0 Å². The van der Waals surface area contributed by atoms with Gasteiger partial charge in [0.15, 0.2) is 5.78 Å². The monoisotopic (exact) mass is 561 g/mol. The Morgan fingerprint density at radius 1 is 1.07 bits per heavy atom. The third-order valence-electron chi connectivity index (χ3n) is 12.8. The predicted molar refractivity (Wildman–Crippen MR) is 163 cm³/mol. The van der Waals surface area contributed by atoms with Gasteiger partial charge in [-0.15, -0.1) is 0 Å². The van der Waals surface area contributed by atoms with Crippen LogP contribution in [0.4, 0.5) is 0 Å². The first-order chi connectivity index (χ1) is 19.0. The number of pyridine rings is 1. The number of carbonyl (C=O) groups is 2. The van der Waals surface area contributed by atoms with Gasteiger partial charge in [-0.3, -0.25) is 14.6 Å². The molecule has 4 aliphatic rings. The zero-order valence-corrected chi connectivity index (χ0v) is 26.5. The van der Waals surface area contributed by atoms with E-state index < -0.39 is 22.5 Å². The number of aliphatic hydroxyl groups is 2.